The van der Waals surface area contributed by atoms with Crippen LogP contribution in [0.4, 0.5) is 10.1 Å². The lowest BCUT2D eigenvalue weighted by atomic mass is 10.3. The molecule has 1 aromatic carbocycles. The Labute approximate surface area is 92.3 Å². The average molecular weight is 228 g/mol. The molecule has 0 saturated carbocycles. The number of nitrogens with one attached hydrogen (secondary N) is 2. The molecule has 1 aliphatic heterocycles. The molecule has 2 rings (SSSR count). The third kappa shape index (κ3) is 2.39. The second-order valence-corrected chi connectivity index (χ2v) is 3.62. The number of amidine groups is 1. The Morgan fingerprint density at radius 1 is 1.53 bits per heavy atom. The second kappa shape index (κ2) is 4.49. The van der Waals surface area contributed by atoms with Crippen molar-refractivity contribution in [3.63, 3.8) is 0 Å². The lowest BCUT2D eigenvalue weighted by molar-refractivity contribution is 0.631. The van der Waals surface area contributed by atoms with Gasteiger partial charge in [0.25, 0.3) is 0 Å². The van der Waals surface area contributed by atoms with Gasteiger partial charge in [-0.2, -0.15) is 0 Å². The highest BCUT2D eigenvalue weighted by molar-refractivity contribution is 6.31. The fraction of sp³-hybridized carbons (Fsp3) is 0.300. The van der Waals surface area contributed by atoms with E-state index in [1.807, 2.05) is 0 Å². The Balaban J connectivity index is 2.01. The fourth-order valence-corrected chi connectivity index (χ4v) is 1.56. The lowest BCUT2D eigenvalue weighted by Gasteiger charge is -2.08. The van der Waals surface area contributed by atoms with E-state index in [0.717, 1.165) is 18.9 Å². The van der Waals surface area contributed by atoms with Gasteiger partial charge in [-0.15, -0.1) is 0 Å². The molecule has 0 bridgehead atoms. The highest BCUT2D eigenvalue weighted by Crippen LogP contribution is 2.21. The maximum Gasteiger partial charge on any atom is 0.164 e. The summed E-state index contributed by atoms with van der Waals surface area (Å²) < 4.78 is 13.4. The molecule has 0 saturated heterocycles. The van der Waals surface area contributed by atoms with Crippen molar-refractivity contribution in [2.75, 3.05) is 25.0 Å². The van der Waals surface area contributed by atoms with Crippen LogP contribution in [-0.4, -0.2) is 25.5 Å². The number of nitrogens with zero attached hydrogens (tertiary/aromatic N) is 1. The maximum absolute atomic E-state index is 13.4. The third-order valence-corrected chi connectivity index (χ3v) is 2.43. The minimum Gasteiger partial charge on any atom is -0.375 e. The highest BCUT2D eigenvalue weighted by Gasteiger charge is 2.08. The molecule has 0 atom stereocenters. The number of hydrogen-bond acceptors (Lipinski definition) is 3. The topological polar surface area (TPSA) is 36.4 Å². The predicted molar refractivity (Wildman–Crippen MR) is 60.2 cm³/mol. The van der Waals surface area contributed by atoms with E-state index in [-0.39, 0.29) is 5.02 Å². The van der Waals surface area contributed by atoms with Gasteiger partial charge in [-0.3, -0.25) is 4.99 Å². The summed E-state index contributed by atoms with van der Waals surface area (Å²) in [5, 5.41) is 6.16. The van der Waals surface area contributed by atoms with Gasteiger partial charge < -0.3 is 10.6 Å². The molecular weight excluding hydrogens is 217 g/mol. The maximum atomic E-state index is 13.4. The summed E-state index contributed by atoms with van der Waals surface area (Å²) in [4.78, 5) is 4.19. The molecule has 1 heterocycles. The van der Waals surface area contributed by atoms with E-state index in [4.69, 9.17) is 11.6 Å². The number of rotatable bonds is 3. The predicted octanol–water partition coefficient (Wildman–Crippen LogP) is 1.89. The van der Waals surface area contributed by atoms with Gasteiger partial charge in [0.2, 0.25) is 0 Å². The summed E-state index contributed by atoms with van der Waals surface area (Å²) in [6.07, 6.45) is 0. The van der Waals surface area contributed by atoms with Gasteiger partial charge in [-0.05, 0) is 12.1 Å². The Morgan fingerprint density at radius 2 is 2.40 bits per heavy atom. The first-order valence-corrected chi connectivity index (χ1v) is 5.10. The highest BCUT2D eigenvalue weighted by atomic mass is 35.5. The Hall–Kier alpha value is -1.29. The molecule has 80 valence electrons. The zero-order chi connectivity index (χ0) is 10.7. The van der Waals surface area contributed by atoms with Crippen molar-refractivity contribution in [2.24, 2.45) is 4.99 Å². The molecule has 15 heavy (non-hydrogen) atoms. The van der Waals surface area contributed by atoms with Crippen molar-refractivity contribution in [3.05, 3.63) is 29.0 Å². The van der Waals surface area contributed by atoms with E-state index >= 15 is 0 Å². The van der Waals surface area contributed by atoms with Crippen LogP contribution < -0.4 is 10.6 Å². The summed E-state index contributed by atoms with van der Waals surface area (Å²) >= 11 is 5.65. The van der Waals surface area contributed by atoms with E-state index in [9.17, 15) is 4.39 Å². The van der Waals surface area contributed by atoms with Crippen molar-refractivity contribution in [1.82, 2.24) is 5.32 Å². The van der Waals surface area contributed by atoms with Crippen LogP contribution in [0.5, 0.6) is 0 Å². The van der Waals surface area contributed by atoms with Crippen LogP contribution in [0.2, 0.25) is 5.02 Å². The molecule has 2 N–H and O–H groups in total. The van der Waals surface area contributed by atoms with Gasteiger partial charge in [-0.1, -0.05) is 17.7 Å². The van der Waals surface area contributed by atoms with E-state index < -0.39 is 5.82 Å². The van der Waals surface area contributed by atoms with Gasteiger partial charge >= 0.3 is 0 Å². The molecule has 3 nitrogen and oxygen atoms in total. The van der Waals surface area contributed by atoms with Crippen LogP contribution in [-0.2, 0) is 0 Å². The van der Waals surface area contributed by atoms with Crippen molar-refractivity contribution in [3.8, 4) is 0 Å². The van der Waals surface area contributed by atoms with Crippen LogP contribution in [0.1, 0.15) is 0 Å². The van der Waals surface area contributed by atoms with Gasteiger partial charge in [0.05, 0.1) is 23.8 Å². The molecule has 0 amide bonds. The number of benzene rings is 1. The smallest absolute Gasteiger partial charge is 0.164 e. The molecule has 0 fully saturated rings. The summed E-state index contributed by atoms with van der Waals surface area (Å²) in [5.74, 6) is 0.437. The van der Waals surface area contributed by atoms with E-state index in [0.29, 0.717) is 12.2 Å². The molecule has 1 aliphatic rings. The molecule has 1 aromatic rings. The van der Waals surface area contributed by atoms with Crippen molar-refractivity contribution in [2.45, 2.75) is 0 Å². The SMILES string of the molecule is Fc1c(Cl)cccc1NCC1=NCCN1. The third-order valence-electron chi connectivity index (χ3n) is 2.14. The standard InChI is InChI=1S/C10H11ClFN3/c11-7-2-1-3-8(10(7)12)15-6-9-13-4-5-14-9/h1-3,15H,4-6H2,(H,13,14). The van der Waals surface area contributed by atoms with E-state index in [1.165, 1.54) is 6.07 Å². The van der Waals surface area contributed by atoms with Gasteiger partial charge in [0.15, 0.2) is 5.82 Å². The quantitative estimate of drug-likeness (QED) is 0.828. The fourth-order valence-electron chi connectivity index (χ4n) is 1.38. The van der Waals surface area contributed by atoms with E-state index in [1.54, 1.807) is 12.1 Å². The Bertz CT molecular complexity index is 392. The van der Waals surface area contributed by atoms with E-state index in [2.05, 4.69) is 15.6 Å². The summed E-state index contributed by atoms with van der Waals surface area (Å²) in [6.45, 7) is 2.14. The molecule has 0 unspecified atom stereocenters. The van der Waals surface area contributed by atoms with Crippen LogP contribution >= 0.6 is 11.6 Å². The molecular formula is C10H11ClFN3. The van der Waals surface area contributed by atoms with Crippen molar-refractivity contribution >= 4 is 23.1 Å². The van der Waals surface area contributed by atoms with Gasteiger partial charge in [0, 0.05) is 6.54 Å². The second-order valence-electron chi connectivity index (χ2n) is 3.21. The molecule has 0 radical (unpaired) electrons. The lowest BCUT2D eigenvalue weighted by Crippen LogP contribution is -2.26. The van der Waals surface area contributed by atoms with Crippen LogP contribution in [0, 0.1) is 5.82 Å². The summed E-state index contributed by atoms with van der Waals surface area (Å²) in [6, 6.07) is 4.88. The Kier molecular flexibility index (Phi) is 3.06. The van der Waals surface area contributed by atoms with Crippen LogP contribution in [0.25, 0.3) is 0 Å². The average Bonchev–Trinajstić information content (AvgIpc) is 2.73. The minimum absolute atomic E-state index is 0.126. The molecule has 0 aromatic heterocycles. The number of anilines is 1. The molecule has 0 aliphatic carbocycles. The first kappa shape index (κ1) is 10.2. The normalized spacial score (nSPS) is 14.7. The largest absolute Gasteiger partial charge is 0.375 e. The van der Waals surface area contributed by atoms with Crippen molar-refractivity contribution in [1.29, 1.82) is 0 Å². The minimum atomic E-state index is -0.419. The summed E-state index contributed by atoms with van der Waals surface area (Å²) in [7, 11) is 0. The number of aliphatic imine (C=N–C) groups is 1. The molecule has 5 heteroatoms. The zero-order valence-electron chi connectivity index (χ0n) is 8.06. The monoisotopic (exact) mass is 227 g/mol. The number of hydrogen-bond donors (Lipinski definition) is 2. The van der Waals surface area contributed by atoms with Gasteiger partial charge in [0.1, 0.15) is 5.84 Å². The summed E-state index contributed by atoms with van der Waals surface area (Å²) in [5.41, 5.74) is 0.402. The molecule has 0 spiro atoms. The van der Waals surface area contributed by atoms with Crippen LogP contribution in [0.15, 0.2) is 23.2 Å². The van der Waals surface area contributed by atoms with Gasteiger partial charge in [-0.25, -0.2) is 4.39 Å². The first-order valence-electron chi connectivity index (χ1n) is 4.72. The van der Waals surface area contributed by atoms with Crippen molar-refractivity contribution < 1.29 is 4.39 Å². The zero-order valence-corrected chi connectivity index (χ0v) is 8.81. The number of halogens is 2. The first-order chi connectivity index (χ1) is 7.27. The van der Waals surface area contributed by atoms with Crippen LogP contribution in [0.3, 0.4) is 0 Å². The Morgan fingerprint density at radius 3 is 3.13 bits per heavy atom.